The van der Waals surface area contributed by atoms with Gasteiger partial charge in [-0.25, -0.2) is 0 Å². The van der Waals surface area contributed by atoms with E-state index in [2.05, 4.69) is 0 Å². The van der Waals surface area contributed by atoms with E-state index in [1.807, 2.05) is 60.7 Å². The lowest BCUT2D eigenvalue weighted by atomic mass is 10.2. The van der Waals surface area contributed by atoms with Crippen LogP contribution in [0, 0.1) is 0 Å². The second-order valence-electron chi connectivity index (χ2n) is 5.49. The standard InChI is InChI=1S/C19H18N2O2/c22-18-13-19(23)21(15-17-9-5-2-6-10-17)12-11-20(18)14-16-7-3-1-4-8-16/h1-12H,13-15H2. The lowest BCUT2D eigenvalue weighted by Gasteiger charge is -2.15. The van der Waals surface area contributed by atoms with Gasteiger partial charge in [0.05, 0.1) is 13.1 Å². The zero-order chi connectivity index (χ0) is 16.1. The molecule has 0 bridgehead atoms. The van der Waals surface area contributed by atoms with Crippen molar-refractivity contribution in [2.75, 3.05) is 0 Å². The number of carbonyl (C=O) groups excluding carboxylic acids is 2. The van der Waals surface area contributed by atoms with E-state index < -0.39 is 0 Å². The molecule has 4 nitrogen and oxygen atoms in total. The number of rotatable bonds is 4. The fraction of sp³-hybridized carbons (Fsp3) is 0.158. The van der Waals surface area contributed by atoms with Crippen LogP contribution in [0.2, 0.25) is 0 Å². The van der Waals surface area contributed by atoms with Gasteiger partial charge in [0.1, 0.15) is 6.42 Å². The molecule has 1 aliphatic heterocycles. The van der Waals surface area contributed by atoms with Crippen molar-refractivity contribution in [3.63, 3.8) is 0 Å². The SMILES string of the molecule is O=C1CC(=O)N(Cc2ccccc2)C=CN1Cc1ccccc1. The summed E-state index contributed by atoms with van der Waals surface area (Å²) in [6.07, 6.45) is 3.29. The molecule has 0 N–H and O–H groups in total. The van der Waals surface area contributed by atoms with Crippen LogP contribution in [0.5, 0.6) is 0 Å². The number of nitrogens with zero attached hydrogens (tertiary/aromatic N) is 2. The Bertz CT molecular complexity index is 649. The Morgan fingerprint density at radius 1 is 0.652 bits per heavy atom. The van der Waals surface area contributed by atoms with Crippen LogP contribution in [0.1, 0.15) is 17.5 Å². The Morgan fingerprint density at radius 3 is 1.43 bits per heavy atom. The lowest BCUT2D eigenvalue weighted by Crippen LogP contribution is -2.28. The van der Waals surface area contributed by atoms with Crippen LogP contribution < -0.4 is 0 Å². The molecule has 0 saturated heterocycles. The Labute approximate surface area is 135 Å². The smallest absolute Gasteiger partial charge is 0.236 e. The molecule has 0 radical (unpaired) electrons. The third-order valence-electron chi connectivity index (χ3n) is 3.76. The fourth-order valence-corrected chi connectivity index (χ4v) is 2.50. The average Bonchev–Trinajstić information content (AvgIpc) is 2.70. The van der Waals surface area contributed by atoms with Crippen LogP contribution >= 0.6 is 0 Å². The summed E-state index contributed by atoms with van der Waals surface area (Å²) in [6.45, 7) is 0.950. The molecule has 2 amide bonds. The van der Waals surface area contributed by atoms with Crippen LogP contribution in [-0.4, -0.2) is 21.6 Å². The van der Waals surface area contributed by atoms with E-state index in [0.717, 1.165) is 11.1 Å². The van der Waals surface area contributed by atoms with Crippen LogP contribution in [0.3, 0.4) is 0 Å². The maximum absolute atomic E-state index is 12.3. The molecular formula is C19H18N2O2. The first-order valence-corrected chi connectivity index (χ1v) is 7.57. The van der Waals surface area contributed by atoms with Gasteiger partial charge in [-0.05, 0) is 11.1 Å². The zero-order valence-electron chi connectivity index (χ0n) is 12.8. The summed E-state index contributed by atoms with van der Waals surface area (Å²) in [4.78, 5) is 27.7. The van der Waals surface area contributed by atoms with Crippen molar-refractivity contribution in [2.24, 2.45) is 0 Å². The molecule has 0 spiro atoms. The number of amides is 2. The van der Waals surface area contributed by atoms with Gasteiger partial charge in [0.15, 0.2) is 0 Å². The molecule has 0 saturated carbocycles. The van der Waals surface area contributed by atoms with E-state index in [0.29, 0.717) is 13.1 Å². The molecule has 0 fully saturated rings. The van der Waals surface area contributed by atoms with Crippen LogP contribution in [0.15, 0.2) is 73.1 Å². The summed E-state index contributed by atoms with van der Waals surface area (Å²) in [5, 5.41) is 0. The van der Waals surface area contributed by atoms with E-state index in [9.17, 15) is 9.59 Å². The van der Waals surface area contributed by atoms with Gasteiger partial charge in [-0.15, -0.1) is 0 Å². The van der Waals surface area contributed by atoms with E-state index >= 15 is 0 Å². The van der Waals surface area contributed by atoms with Gasteiger partial charge < -0.3 is 9.80 Å². The topological polar surface area (TPSA) is 40.6 Å². The highest BCUT2D eigenvalue weighted by Gasteiger charge is 2.23. The van der Waals surface area contributed by atoms with Crippen LogP contribution in [0.4, 0.5) is 0 Å². The van der Waals surface area contributed by atoms with Gasteiger partial charge >= 0.3 is 0 Å². The van der Waals surface area contributed by atoms with Gasteiger partial charge in [-0.3, -0.25) is 9.59 Å². The first-order chi connectivity index (χ1) is 11.2. The molecule has 3 rings (SSSR count). The molecule has 23 heavy (non-hydrogen) atoms. The van der Waals surface area contributed by atoms with E-state index in [-0.39, 0.29) is 18.2 Å². The molecule has 0 aliphatic carbocycles. The number of benzene rings is 2. The summed E-state index contributed by atoms with van der Waals surface area (Å²) in [6, 6.07) is 19.5. The second-order valence-corrected chi connectivity index (χ2v) is 5.49. The molecule has 4 heteroatoms. The minimum atomic E-state index is -0.175. The summed E-state index contributed by atoms with van der Waals surface area (Å²) in [5.74, 6) is -0.351. The third-order valence-corrected chi connectivity index (χ3v) is 3.76. The van der Waals surface area contributed by atoms with Crippen LogP contribution in [0.25, 0.3) is 0 Å². The van der Waals surface area contributed by atoms with Crippen molar-refractivity contribution in [3.8, 4) is 0 Å². The molecular weight excluding hydrogens is 288 g/mol. The first-order valence-electron chi connectivity index (χ1n) is 7.57. The van der Waals surface area contributed by atoms with E-state index in [4.69, 9.17) is 0 Å². The Morgan fingerprint density at radius 2 is 1.04 bits per heavy atom. The lowest BCUT2D eigenvalue weighted by molar-refractivity contribution is -0.137. The van der Waals surface area contributed by atoms with Crippen molar-refractivity contribution in [1.82, 2.24) is 9.80 Å². The largest absolute Gasteiger partial charge is 0.313 e. The van der Waals surface area contributed by atoms with Crippen molar-refractivity contribution in [2.45, 2.75) is 19.5 Å². The number of carbonyl (C=O) groups is 2. The maximum Gasteiger partial charge on any atom is 0.236 e. The normalized spacial score (nSPS) is 15.0. The Hall–Kier alpha value is -2.88. The summed E-state index contributed by atoms with van der Waals surface area (Å²) < 4.78 is 0. The summed E-state index contributed by atoms with van der Waals surface area (Å²) in [5.41, 5.74) is 2.07. The molecule has 116 valence electrons. The molecule has 0 unspecified atom stereocenters. The van der Waals surface area contributed by atoms with Crippen LogP contribution in [-0.2, 0) is 22.7 Å². The zero-order valence-corrected chi connectivity index (χ0v) is 12.8. The molecule has 2 aromatic rings. The van der Waals surface area contributed by atoms with Gasteiger partial charge in [0.25, 0.3) is 0 Å². The predicted molar refractivity (Wildman–Crippen MR) is 87.7 cm³/mol. The Balaban J connectivity index is 1.74. The minimum absolute atomic E-state index is 0.104. The minimum Gasteiger partial charge on any atom is -0.313 e. The molecule has 2 aromatic carbocycles. The predicted octanol–water partition coefficient (Wildman–Crippen LogP) is 2.92. The highest BCUT2D eigenvalue weighted by atomic mass is 16.2. The monoisotopic (exact) mass is 306 g/mol. The van der Waals surface area contributed by atoms with Crippen molar-refractivity contribution < 1.29 is 9.59 Å². The third kappa shape index (κ3) is 3.86. The van der Waals surface area contributed by atoms with E-state index in [1.165, 1.54) is 0 Å². The Kier molecular flexibility index (Phi) is 4.52. The second kappa shape index (κ2) is 6.92. The average molecular weight is 306 g/mol. The first kappa shape index (κ1) is 15.0. The highest BCUT2D eigenvalue weighted by Crippen LogP contribution is 2.14. The van der Waals surface area contributed by atoms with Gasteiger partial charge in [-0.2, -0.15) is 0 Å². The van der Waals surface area contributed by atoms with Gasteiger partial charge in [0.2, 0.25) is 11.8 Å². The molecule has 0 atom stereocenters. The van der Waals surface area contributed by atoms with Crippen molar-refractivity contribution in [1.29, 1.82) is 0 Å². The van der Waals surface area contributed by atoms with E-state index in [1.54, 1.807) is 22.2 Å². The fourth-order valence-electron chi connectivity index (χ4n) is 2.50. The molecule has 0 aromatic heterocycles. The number of hydrogen-bond acceptors (Lipinski definition) is 2. The quantitative estimate of drug-likeness (QED) is 0.815. The number of hydrogen-bond donors (Lipinski definition) is 0. The maximum atomic E-state index is 12.3. The molecule has 1 heterocycles. The van der Waals surface area contributed by atoms with Gasteiger partial charge in [0, 0.05) is 12.4 Å². The van der Waals surface area contributed by atoms with Crippen molar-refractivity contribution in [3.05, 3.63) is 84.2 Å². The van der Waals surface area contributed by atoms with Gasteiger partial charge in [-0.1, -0.05) is 60.7 Å². The summed E-state index contributed by atoms with van der Waals surface area (Å²) >= 11 is 0. The van der Waals surface area contributed by atoms with Crippen molar-refractivity contribution >= 4 is 11.8 Å². The molecule has 1 aliphatic rings. The highest BCUT2D eigenvalue weighted by molar-refractivity contribution is 5.98. The summed E-state index contributed by atoms with van der Waals surface area (Å²) in [7, 11) is 0.